The molecule has 2 aromatic rings. The van der Waals surface area contributed by atoms with Gasteiger partial charge in [-0.15, -0.1) is 0 Å². The topological polar surface area (TPSA) is 112 Å². The van der Waals surface area contributed by atoms with Crippen LogP contribution in [0.15, 0.2) is 47.4 Å². The van der Waals surface area contributed by atoms with Crippen LogP contribution in [0.2, 0.25) is 0 Å². The molecular weight excluding hydrogens is 454 g/mol. The van der Waals surface area contributed by atoms with E-state index in [1.54, 1.807) is 36.4 Å². The van der Waals surface area contributed by atoms with Crippen LogP contribution >= 0.6 is 0 Å². The van der Waals surface area contributed by atoms with Crippen LogP contribution in [0.1, 0.15) is 27.9 Å². The Morgan fingerprint density at radius 2 is 1.81 bits per heavy atom. The summed E-state index contributed by atoms with van der Waals surface area (Å²) in [6.45, 7) is -0.253. The number of rotatable bonds is 4. The van der Waals surface area contributed by atoms with E-state index in [1.807, 2.05) is 0 Å². The molecule has 4 rings (SSSR count). The molecular formula is C21H23N3O6S2. The second-order valence-electron chi connectivity index (χ2n) is 7.95. The molecule has 0 aliphatic carbocycles. The second kappa shape index (κ2) is 7.98. The van der Waals surface area contributed by atoms with Crippen LogP contribution in [-0.4, -0.2) is 64.4 Å². The predicted octanol–water partition coefficient (Wildman–Crippen LogP) is 1.20. The van der Waals surface area contributed by atoms with E-state index in [0.29, 0.717) is 40.5 Å². The predicted molar refractivity (Wildman–Crippen MR) is 118 cm³/mol. The van der Waals surface area contributed by atoms with Crippen molar-refractivity contribution >= 4 is 37.5 Å². The van der Waals surface area contributed by atoms with E-state index >= 15 is 0 Å². The fourth-order valence-electron chi connectivity index (χ4n) is 3.97. The van der Waals surface area contributed by atoms with Crippen molar-refractivity contribution in [2.45, 2.75) is 23.5 Å². The Morgan fingerprint density at radius 3 is 2.53 bits per heavy atom. The van der Waals surface area contributed by atoms with Crippen LogP contribution in [0.3, 0.4) is 0 Å². The number of fused-ring (bicyclic) bond motifs is 2. The molecule has 11 heteroatoms. The molecule has 0 spiro atoms. The Bertz CT molecular complexity index is 1320. The van der Waals surface area contributed by atoms with E-state index in [9.17, 15) is 26.4 Å². The summed E-state index contributed by atoms with van der Waals surface area (Å²) in [6.07, 6.45) is 1.18. The van der Waals surface area contributed by atoms with Gasteiger partial charge in [-0.2, -0.15) is 0 Å². The van der Waals surface area contributed by atoms with E-state index in [0.717, 1.165) is 4.31 Å². The molecule has 0 fully saturated rings. The molecule has 0 atom stereocenters. The summed E-state index contributed by atoms with van der Waals surface area (Å²) in [7, 11) is -4.72. The molecule has 0 saturated heterocycles. The fourth-order valence-corrected chi connectivity index (χ4v) is 6.38. The van der Waals surface area contributed by atoms with Gasteiger partial charge in [-0.3, -0.25) is 9.59 Å². The van der Waals surface area contributed by atoms with Crippen molar-refractivity contribution < 1.29 is 26.4 Å². The van der Waals surface area contributed by atoms with Gasteiger partial charge < -0.3 is 4.90 Å². The summed E-state index contributed by atoms with van der Waals surface area (Å²) < 4.78 is 52.0. The molecule has 2 aromatic carbocycles. The van der Waals surface area contributed by atoms with E-state index in [4.69, 9.17) is 0 Å². The van der Waals surface area contributed by atoms with Crippen LogP contribution < -0.4 is 4.90 Å². The van der Waals surface area contributed by atoms with Crippen molar-refractivity contribution in [2.75, 3.05) is 32.1 Å². The minimum atomic E-state index is -3.98. The first kappa shape index (κ1) is 22.4. The van der Waals surface area contributed by atoms with Gasteiger partial charge in [0.15, 0.2) is 0 Å². The number of nitrogens with zero attached hydrogens (tertiary/aromatic N) is 3. The van der Waals surface area contributed by atoms with Gasteiger partial charge in [0.25, 0.3) is 5.91 Å². The number of carbonyl (C=O) groups is 2. The number of anilines is 1. The minimum absolute atomic E-state index is 0.126. The number of carbonyl (C=O) groups excluding carboxylic acids is 2. The number of amides is 2. The van der Waals surface area contributed by atoms with Crippen LogP contribution in [0.5, 0.6) is 0 Å². The second-order valence-corrected chi connectivity index (χ2v) is 12.0. The van der Waals surface area contributed by atoms with Crippen molar-refractivity contribution in [2.24, 2.45) is 0 Å². The highest BCUT2D eigenvalue weighted by atomic mass is 32.2. The SMILES string of the molecule is CN(C)S(=O)(=O)c1ccc2c(c1)CCCN2C(=O)CN1C(=O)c2ccccc2CS1(=O)=O. The highest BCUT2D eigenvalue weighted by Crippen LogP contribution is 2.31. The monoisotopic (exact) mass is 477 g/mol. The van der Waals surface area contributed by atoms with Crippen LogP contribution in [-0.2, 0) is 37.0 Å². The first-order valence-corrected chi connectivity index (χ1v) is 13.1. The fraction of sp³-hybridized carbons (Fsp3) is 0.333. The van der Waals surface area contributed by atoms with Gasteiger partial charge in [0, 0.05) is 31.9 Å². The smallest absolute Gasteiger partial charge is 0.268 e. The third-order valence-electron chi connectivity index (χ3n) is 5.68. The third kappa shape index (κ3) is 3.80. The summed E-state index contributed by atoms with van der Waals surface area (Å²) in [5.41, 5.74) is 1.90. The molecule has 0 aromatic heterocycles. The maximum Gasteiger partial charge on any atom is 0.268 e. The molecule has 2 aliphatic rings. The Balaban J connectivity index is 1.63. The summed E-state index contributed by atoms with van der Waals surface area (Å²) >= 11 is 0. The molecule has 170 valence electrons. The lowest BCUT2D eigenvalue weighted by Gasteiger charge is -2.33. The largest absolute Gasteiger partial charge is 0.311 e. The van der Waals surface area contributed by atoms with Gasteiger partial charge in [-0.05, 0) is 48.2 Å². The zero-order chi connectivity index (χ0) is 23.3. The zero-order valence-corrected chi connectivity index (χ0v) is 19.3. The van der Waals surface area contributed by atoms with Crippen LogP contribution in [0.4, 0.5) is 5.69 Å². The minimum Gasteiger partial charge on any atom is -0.311 e. The molecule has 2 amide bonds. The highest BCUT2D eigenvalue weighted by Gasteiger charge is 2.38. The van der Waals surface area contributed by atoms with Crippen molar-refractivity contribution in [3.8, 4) is 0 Å². The number of sulfonamides is 2. The quantitative estimate of drug-likeness (QED) is 0.654. The number of hydrogen-bond acceptors (Lipinski definition) is 6. The lowest BCUT2D eigenvalue weighted by atomic mass is 10.0. The van der Waals surface area contributed by atoms with Gasteiger partial charge in [0.1, 0.15) is 6.54 Å². The lowest BCUT2D eigenvalue weighted by molar-refractivity contribution is -0.118. The van der Waals surface area contributed by atoms with Gasteiger partial charge in [-0.1, -0.05) is 18.2 Å². The summed E-state index contributed by atoms with van der Waals surface area (Å²) in [4.78, 5) is 27.5. The molecule has 0 N–H and O–H groups in total. The molecule has 2 aliphatic heterocycles. The Hall–Kier alpha value is -2.76. The molecule has 2 heterocycles. The Kier molecular flexibility index (Phi) is 5.60. The van der Waals surface area contributed by atoms with E-state index in [1.165, 1.54) is 25.1 Å². The molecule has 0 radical (unpaired) electrons. The van der Waals surface area contributed by atoms with Crippen molar-refractivity contribution in [1.29, 1.82) is 0 Å². The van der Waals surface area contributed by atoms with Crippen molar-refractivity contribution in [3.63, 3.8) is 0 Å². The van der Waals surface area contributed by atoms with Crippen LogP contribution in [0.25, 0.3) is 0 Å². The third-order valence-corrected chi connectivity index (χ3v) is 9.13. The number of aryl methyl sites for hydroxylation is 1. The normalized spacial score (nSPS) is 17.8. The van der Waals surface area contributed by atoms with Gasteiger partial charge in [0.2, 0.25) is 26.0 Å². The molecule has 9 nitrogen and oxygen atoms in total. The van der Waals surface area contributed by atoms with Crippen molar-refractivity contribution in [1.82, 2.24) is 8.61 Å². The summed E-state index contributed by atoms with van der Waals surface area (Å²) in [5.74, 6) is -1.60. The first-order valence-electron chi connectivity index (χ1n) is 10.0. The van der Waals surface area contributed by atoms with Gasteiger partial charge >= 0.3 is 0 Å². The summed E-state index contributed by atoms with van der Waals surface area (Å²) in [6, 6.07) is 11.0. The molecule has 32 heavy (non-hydrogen) atoms. The molecule has 0 unspecified atom stereocenters. The van der Waals surface area contributed by atoms with E-state index < -0.39 is 38.4 Å². The number of benzene rings is 2. The molecule has 0 bridgehead atoms. The highest BCUT2D eigenvalue weighted by molar-refractivity contribution is 7.89. The van der Waals surface area contributed by atoms with Gasteiger partial charge in [0.05, 0.1) is 10.6 Å². The first-order chi connectivity index (χ1) is 15.0. The van der Waals surface area contributed by atoms with Crippen molar-refractivity contribution in [3.05, 3.63) is 59.2 Å². The standard InChI is InChI=1S/C21H23N3O6S2/c1-22(2)32(29,30)17-9-10-19-15(12-17)7-5-11-23(19)20(25)13-24-21(26)18-8-4-3-6-16(18)14-31(24,27)28/h3-4,6,8-10,12H,5,7,11,13-14H2,1-2H3. The zero-order valence-electron chi connectivity index (χ0n) is 17.7. The molecule has 0 saturated carbocycles. The maximum atomic E-state index is 13.1. The lowest BCUT2D eigenvalue weighted by Crippen LogP contribution is -2.49. The average Bonchev–Trinajstić information content (AvgIpc) is 2.75. The van der Waals surface area contributed by atoms with E-state index in [-0.39, 0.29) is 16.2 Å². The van der Waals surface area contributed by atoms with Crippen LogP contribution in [0, 0.1) is 0 Å². The average molecular weight is 478 g/mol. The Labute approximate surface area is 187 Å². The Morgan fingerprint density at radius 1 is 1.09 bits per heavy atom. The van der Waals surface area contributed by atoms with E-state index in [2.05, 4.69) is 0 Å². The van der Waals surface area contributed by atoms with Gasteiger partial charge in [-0.25, -0.2) is 25.4 Å². The maximum absolute atomic E-state index is 13.1. The number of hydrogen-bond donors (Lipinski definition) is 0. The summed E-state index contributed by atoms with van der Waals surface area (Å²) in [5, 5.41) is 0.